The molecule has 2 fully saturated rings. The Hall–Kier alpha value is -1.55. The first-order valence-electron chi connectivity index (χ1n) is 7.12. The van der Waals surface area contributed by atoms with Gasteiger partial charge in [-0.1, -0.05) is 18.0 Å². The lowest BCUT2D eigenvalue weighted by Crippen LogP contribution is -2.49. The summed E-state index contributed by atoms with van der Waals surface area (Å²) in [6.07, 6.45) is 8.73. The van der Waals surface area contributed by atoms with E-state index in [4.69, 9.17) is 11.6 Å². The van der Waals surface area contributed by atoms with Gasteiger partial charge in [-0.05, 0) is 18.9 Å². The van der Waals surface area contributed by atoms with Gasteiger partial charge >= 0.3 is 0 Å². The normalized spacial score (nSPS) is 26.2. The van der Waals surface area contributed by atoms with Crippen molar-refractivity contribution in [1.29, 1.82) is 0 Å². The van der Waals surface area contributed by atoms with Gasteiger partial charge in [0, 0.05) is 31.1 Å². The summed E-state index contributed by atoms with van der Waals surface area (Å²) in [4.78, 5) is 18.7. The molecule has 1 saturated heterocycles. The van der Waals surface area contributed by atoms with Crippen LogP contribution in [0, 0.1) is 11.8 Å². The molecule has 2 unspecified atom stereocenters. The number of piperidine rings is 1. The Morgan fingerprint density at radius 2 is 2.00 bits per heavy atom. The van der Waals surface area contributed by atoms with Crippen LogP contribution < -0.4 is 4.90 Å². The number of rotatable bonds is 1. The lowest BCUT2D eigenvalue weighted by Gasteiger charge is -2.41. The second-order valence-electron chi connectivity index (χ2n) is 5.86. The minimum Gasteiger partial charge on any atom is -0.368 e. The minimum atomic E-state index is 0.199. The van der Waals surface area contributed by atoms with Gasteiger partial charge < -0.3 is 9.30 Å². The molecule has 2 bridgehead atoms. The SMILES string of the molecule is O=C1C2CCCC1CN(c1cc(Cl)cn3cncc13)C2. The minimum absolute atomic E-state index is 0.199. The lowest BCUT2D eigenvalue weighted by atomic mass is 9.76. The largest absolute Gasteiger partial charge is 0.368 e. The molecule has 20 heavy (non-hydrogen) atoms. The van der Waals surface area contributed by atoms with Gasteiger partial charge in [0.15, 0.2) is 0 Å². The van der Waals surface area contributed by atoms with Gasteiger partial charge in [0.25, 0.3) is 0 Å². The Morgan fingerprint density at radius 3 is 2.75 bits per heavy atom. The number of fused-ring (bicyclic) bond motifs is 3. The van der Waals surface area contributed by atoms with Crippen molar-refractivity contribution in [2.75, 3.05) is 18.0 Å². The van der Waals surface area contributed by atoms with Crippen molar-refractivity contribution < 1.29 is 4.79 Å². The fourth-order valence-corrected chi connectivity index (χ4v) is 3.84. The van der Waals surface area contributed by atoms with Crippen molar-refractivity contribution in [3.63, 3.8) is 0 Å². The topological polar surface area (TPSA) is 37.6 Å². The fourth-order valence-electron chi connectivity index (χ4n) is 3.63. The lowest BCUT2D eigenvalue weighted by molar-refractivity contribution is -0.129. The van der Waals surface area contributed by atoms with Crippen molar-refractivity contribution in [3.8, 4) is 0 Å². The molecule has 0 radical (unpaired) electrons. The zero-order valence-corrected chi connectivity index (χ0v) is 11.9. The predicted octanol–water partition coefficient (Wildman–Crippen LogP) is 2.79. The van der Waals surface area contributed by atoms with Crippen LogP contribution in [-0.2, 0) is 4.79 Å². The average Bonchev–Trinajstić information content (AvgIpc) is 2.85. The van der Waals surface area contributed by atoms with E-state index in [0.717, 1.165) is 37.1 Å². The second-order valence-corrected chi connectivity index (χ2v) is 6.30. The standard InChI is InChI=1S/C15H16ClN3O/c16-12-4-13(14-5-17-9-19(14)8-12)18-6-10-2-1-3-11(7-18)15(10)20/h4-5,8-11H,1-3,6-7H2. The highest BCUT2D eigenvalue weighted by Crippen LogP contribution is 2.36. The van der Waals surface area contributed by atoms with Crippen molar-refractivity contribution >= 4 is 28.6 Å². The summed E-state index contributed by atoms with van der Waals surface area (Å²) < 4.78 is 1.95. The Labute approximate surface area is 122 Å². The van der Waals surface area contributed by atoms with E-state index in [1.54, 1.807) is 6.33 Å². The van der Waals surface area contributed by atoms with Gasteiger partial charge in [-0.3, -0.25) is 4.79 Å². The quantitative estimate of drug-likeness (QED) is 0.810. The number of anilines is 1. The zero-order valence-electron chi connectivity index (χ0n) is 11.1. The van der Waals surface area contributed by atoms with E-state index in [1.165, 1.54) is 6.42 Å². The number of ketones is 1. The van der Waals surface area contributed by atoms with Crippen LogP contribution in [0.15, 0.2) is 24.8 Å². The van der Waals surface area contributed by atoms with Crippen LogP contribution in [-0.4, -0.2) is 28.3 Å². The molecule has 5 heteroatoms. The number of halogens is 1. The van der Waals surface area contributed by atoms with Crippen LogP contribution in [0.2, 0.25) is 5.02 Å². The van der Waals surface area contributed by atoms with Gasteiger partial charge in [0.1, 0.15) is 5.78 Å². The van der Waals surface area contributed by atoms with Gasteiger partial charge in [-0.25, -0.2) is 4.98 Å². The molecule has 0 aromatic carbocycles. The van der Waals surface area contributed by atoms with Gasteiger partial charge in [-0.2, -0.15) is 0 Å². The number of Topliss-reactive ketones (excluding diaryl/α,β-unsaturated/α-hetero) is 1. The molecule has 104 valence electrons. The van der Waals surface area contributed by atoms with Crippen LogP contribution >= 0.6 is 11.6 Å². The molecule has 2 atom stereocenters. The maximum absolute atomic E-state index is 12.2. The molecular weight excluding hydrogens is 274 g/mol. The maximum Gasteiger partial charge on any atom is 0.142 e. The number of hydrogen-bond donors (Lipinski definition) is 0. The van der Waals surface area contributed by atoms with Crippen molar-refractivity contribution in [2.24, 2.45) is 11.8 Å². The summed E-state index contributed by atoms with van der Waals surface area (Å²) in [5.41, 5.74) is 2.15. The van der Waals surface area contributed by atoms with Crippen molar-refractivity contribution in [3.05, 3.63) is 29.8 Å². The summed E-state index contributed by atoms with van der Waals surface area (Å²) in [6.45, 7) is 1.63. The zero-order chi connectivity index (χ0) is 13.7. The highest BCUT2D eigenvalue weighted by atomic mass is 35.5. The number of imidazole rings is 1. The summed E-state index contributed by atoms with van der Waals surface area (Å²) in [6, 6.07) is 1.99. The van der Waals surface area contributed by atoms with E-state index in [1.807, 2.05) is 22.9 Å². The summed E-state index contributed by atoms with van der Waals surface area (Å²) in [5.74, 6) is 0.868. The number of nitrogens with zero attached hydrogens (tertiary/aromatic N) is 3. The Bertz CT molecular complexity index is 665. The third kappa shape index (κ3) is 1.82. The highest BCUT2D eigenvalue weighted by Gasteiger charge is 2.38. The van der Waals surface area contributed by atoms with E-state index in [0.29, 0.717) is 10.8 Å². The van der Waals surface area contributed by atoms with Gasteiger partial charge in [0.2, 0.25) is 0 Å². The van der Waals surface area contributed by atoms with Crippen LogP contribution in [0.25, 0.3) is 5.52 Å². The van der Waals surface area contributed by atoms with Gasteiger partial charge in [-0.15, -0.1) is 0 Å². The first-order chi connectivity index (χ1) is 9.72. The second kappa shape index (κ2) is 4.48. The number of pyridine rings is 1. The number of carbonyl (C=O) groups is 1. The molecule has 0 N–H and O–H groups in total. The van der Waals surface area contributed by atoms with E-state index < -0.39 is 0 Å². The van der Waals surface area contributed by atoms with Crippen molar-refractivity contribution in [1.82, 2.24) is 9.38 Å². The van der Waals surface area contributed by atoms with Crippen LogP contribution in [0.5, 0.6) is 0 Å². The van der Waals surface area contributed by atoms with E-state index in [2.05, 4.69) is 9.88 Å². The van der Waals surface area contributed by atoms with Crippen LogP contribution in [0.4, 0.5) is 5.69 Å². The molecular formula is C15H16ClN3O. The number of hydrogen-bond acceptors (Lipinski definition) is 3. The third-order valence-electron chi connectivity index (χ3n) is 4.60. The van der Waals surface area contributed by atoms with E-state index in [9.17, 15) is 4.79 Å². The molecule has 2 aliphatic rings. The van der Waals surface area contributed by atoms with E-state index >= 15 is 0 Å². The Morgan fingerprint density at radius 1 is 1.25 bits per heavy atom. The maximum atomic E-state index is 12.2. The Balaban J connectivity index is 1.76. The monoisotopic (exact) mass is 289 g/mol. The van der Waals surface area contributed by atoms with Crippen LogP contribution in [0.3, 0.4) is 0 Å². The third-order valence-corrected chi connectivity index (χ3v) is 4.80. The molecule has 4 nitrogen and oxygen atoms in total. The molecule has 3 heterocycles. The average molecular weight is 290 g/mol. The predicted molar refractivity (Wildman–Crippen MR) is 78.3 cm³/mol. The fraction of sp³-hybridized carbons (Fsp3) is 0.467. The molecule has 4 rings (SSSR count). The molecule has 1 saturated carbocycles. The Kier molecular flexibility index (Phi) is 2.74. The molecule has 0 amide bonds. The van der Waals surface area contributed by atoms with Crippen LogP contribution in [0.1, 0.15) is 19.3 Å². The summed E-state index contributed by atoms with van der Waals surface area (Å²) >= 11 is 6.21. The number of carbonyl (C=O) groups excluding carboxylic acids is 1. The highest BCUT2D eigenvalue weighted by molar-refractivity contribution is 6.30. The molecule has 2 aromatic rings. The van der Waals surface area contributed by atoms with Crippen molar-refractivity contribution in [2.45, 2.75) is 19.3 Å². The molecule has 2 aromatic heterocycles. The summed E-state index contributed by atoms with van der Waals surface area (Å²) in [7, 11) is 0. The number of aromatic nitrogens is 2. The van der Waals surface area contributed by atoms with Gasteiger partial charge in [0.05, 0.1) is 28.8 Å². The molecule has 0 spiro atoms. The van der Waals surface area contributed by atoms with E-state index in [-0.39, 0.29) is 11.8 Å². The summed E-state index contributed by atoms with van der Waals surface area (Å²) in [5, 5.41) is 0.701. The smallest absolute Gasteiger partial charge is 0.142 e. The molecule has 1 aliphatic carbocycles. The first-order valence-corrected chi connectivity index (χ1v) is 7.50. The molecule has 1 aliphatic heterocycles. The first kappa shape index (κ1) is 12.2.